The standard InChI is InChI=1S/C7H7ClO3/c1-4(7(9)10)5-2-3-6(8)11-5/h2-4H,1H3,(H,9,10). The highest BCUT2D eigenvalue weighted by Gasteiger charge is 2.16. The molecule has 0 radical (unpaired) electrons. The third-order valence-corrected chi connectivity index (χ3v) is 1.59. The number of halogens is 1. The molecule has 1 aromatic rings. The highest BCUT2D eigenvalue weighted by molar-refractivity contribution is 6.28. The lowest BCUT2D eigenvalue weighted by molar-refractivity contribution is -0.138. The fourth-order valence-corrected chi connectivity index (χ4v) is 0.835. The Morgan fingerprint density at radius 3 is 2.73 bits per heavy atom. The molecular weight excluding hydrogens is 168 g/mol. The highest BCUT2D eigenvalue weighted by atomic mass is 35.5. The normalized spacial score (nSPS) is 12.9. The van der Waals surface area contributed by atoms with Crippen LogP contribution >= 0.6 is 11.6 Å². The fraction of sp³-hybridized carbons (Fsp3) is 0.286. The van der Waals surface area contributed by atoms with E-state index in [0.29, 0.717) is 5.76 Å². The summed E-state index contributed by atoms with van der Waals surface area (Å²) in [5.74, 6) is -1.18. The topological polar surface area (TPSA) is 50.4 Å². The number of carbonyl (C=O) groups is 1. The Bertz CT molecular complexity index is 266. The Balaban J connectivity index is 2.84. The van der Waals surface area contributed by atoms with Gasteiger partial charge in [0.2, 0.25) is 0 Å². The second kappa shape index (κ2) is 2.96. The molecule has 1 atom stereocenters. The van der Waals surface area contributed by atoms with Crippen LogP contribution in [0.25, 0.3) is 0 Å². The van der Waals surface area contributed by atoms with Crippen molar-refractivity contribution in [3.63, 3.8) is 0 Å². The van der Waals surface area contributed by atoms with E-state index in [9.17, 15) is 4.79 Å². The van der Waals surface area contributed by atoms with Crippen molar-refractivity contribution in [3.8, 4) is 0 Å². The largest absolute Gasteiger partial charge is 0.481 e. The number of rotatable bonds is 2. The second-order valence-electron chi connectivity index (χ2n) is 2.20. The Kier molecular flexibility index (Phi) is 2.19. The number of carboxylic acids is 1. The number of furan rings is 1. The zero-order valence-corrected chi connectivity index (χ0v) is 6.63. The van der Waals surface area contributed by atoms with Crippen LogP contribution in [0, 0.1) is 0 Å². The van der Waals surface area contributed by atoms with Gasteiger partial charge in [0.05, 0.1) is 0 Å². The molecule has 0 aliphatic rings. The van der Waals surface area contributed by atoms with Crippen LogP contribution in [0.2, 0.25) is 5.22 Å². The van der Waals surface area contributed by atoms with E-state index in [0.717, 1.165) is 0 Å². The molecule has 1 rings (SSSR count). The predicted octanol–water partition coefficient (Wildman–Crippen LogP) is 2.12. The van der Waals surface area contributed by atoms with Gasteiger partial charge in [-0.2, -0.15) is 0 Å². The van der Waals surface area contributed by atoms with Gasteiger partial charge in [0.25, 0.3) is 0 Å². The van der Waals surface area contributed by atoms with Crippen molar-refractivity contribution in [1.29, 1.82) is 0 Å². The monoisotopic (exact) mass is 174 g/mol. The van der Waals surface area contributed by atoms with E-state index < -0.39 is 11.9 Å². The molecule has 0 aromatic carbocycles. The maximum Gasteiger partial charge on any atom is 0.313 e. The van der Waals surface area contributed by atoms with Gasteiger partial charge in [0.1, 0.15) is 11.7 Å². The Morgan fingerprint density at radius 2 is 2.36 bits per heavy atom. The first-order valence-corrected chi connectivity index (χ1v) is 3.47. The third kappa shape index (κ3) is 1.74. The van der Waals surface area contributed by atoms with Gasteiger partial charge in [-0.05, 0) is 30.7 Å². The lowest BCUT2D eigenvalue weighted by Crippen LogP contribution is -2.05. The summed E-state index contributed by atoms with van der Waals surface area (Å²) in [5.41, 5.74) is 0. The van der Waals surface area contributed by atoms with Crippen molar-refractivity contribution in [2.75, 3.05) is 0 Å². The summed E-state index contributed by atoms with van der Waals surface area (Å²) >= 11 is 5.45. The van der Waals surface area contributed by atoms with Crippen molar-refractivity contribution >= 4 is 17.6 Å². The van der Waals surface area contributed by atoms with Crippen LogP contribution in [0.1, 0.15) is 18.6 Å². The molecule has 1 N–H and O–H groups in total. The minimum absolute atomic E-state index is 0.216. The SMILES string of the molecule is CC(C(=O)O)c1ccc(Cl)o1. The molecule has 0 bridgehead atoms. The van der Waals surface area contributed by atoms with Crippen molar-refractivity contribution in [2.45, 2.75) is 12.8 Å². The molecule has 0 saturated carbocycles. The van der Waals surface area contributed by atoms with Crippen LogP contribution in [-0.2, 0) is 4.79 Å². The molecule has 0 amide bonds. The van der Waals surface area contributed by atoms with Gasteiger partial charge < -0.3 is 9.52 Å². The Morgan fingerprint density at radius 1 is 1.73 bits per heavy atom. The molecule has 1 heterocycles. The molecule has 0 aliphatic carbocycles. The lowest BCUT2D eigenvalue weighted by atomic mass is 10.1. The average molecular weight is 175 g/mol. The van der Waals surface area contributed by atoms with Crippen LogP contribution in [0.15, 0.2) is 16.5 Å². The van der Waals surface area contributed by atoms with E-state index in [1.54, 1.807) is 6.07 Å². The molecule has 0 spiro atoms. The van der Waals surface area contributed by atoms with Gasteiger partial charge in [-0.3, -0.25) is 4.79 Å². The summed E-state index contributed by atoms with van der Waals surface area (Å²) in [4.78, 5) is 10.4. The van der Waals surface area contributed by atoms with Gasteiger partial charge in [0, 0.05) is 0 Å². The maximum absolute atomic E-state index is 10.4. The number of hydrogen-bond acceptors (Lipinski definition) is 2. The summed E-state index contributed by atoms with van der Waals surface area (Å²) in [6, 6.07) is 3.08. The molecule has 1 unspecified atom stereocenters. The molecule has 1 aromatic heterocycles. The first kappa shape index (κ1) is 8.14. The van der Waals surface area contributed by atoms with E-state index >= 15 is 0 Å². The van der Waals surface area contributed by atoms with Crippen molar-refractivity contribution in [1.82, 2.24) is 0 Å². The van der Waals surface area contributed by atoms with Crippen molar-refractivity contribution in [2.24, 2.45) is 0 Å². The first-order valence-electron chi connectivity index (χ1n) is 3.09. The summed E-state index contributed by atoms with van der Waals surface area (Å²) in [5, 5.41) is 8.76. The minimum atomic E-state index is -0.920. The number of aliphatic carboxylic acids is 1. The average Bonchev–Trinajstić information content (AvgIpc) is 2.34. The molecule has 0 aliphatic heterocycles. The zero-order chi connectivity index (χ0) is 8.43. The summed E-state index contributed by atoms with van der Waals surface area (Å²) < 4.78 is 4.89. The molecule has 60 valence electrons. The quantitative estimate of drug-likeness (QED) is 0.747. The van der Waals surface area contributed by atoms with Gasteiger partial charge in [0.15, 0.2) is 5.22 Å². The third-order valence-electron chi connectivity index (χ3n) is 1.39. The molecule has 0 saturated heterocycles. The molecule has 0 fully saturated rings. The van der Waals surface area contributed by atoms with Gasteiger partial charge in [-0.25, -0.2) is 0 Å². The molecule has 11 heavy (non-hydrogen) atoms. The molecule has 4 heteroatoms. The Labute approximate surface area is 68.6 Å². The Hall–Kier alpha value is -0.960. The van der Waals surface area contributed by atoms with E-state index in [1.807, 2.05) is 0 Å². The smallest absolute Gasteiger partial charge is 0.313 e. The maximum atomic E-state index is 10.4. The summed E-state index contributed by atoms with van der Waals surface area (Å²) in [6.07, 6.45) is 0. The fourth-order valence-electron chi connectivity index (χ4n) is 0.683. The van der Waals surface area contributed by atoms with Crippen molar-refractivity contribution < 1.29 is 14.3 Å². The molecule has 3 nitrogen and oxygen atoms in total. The minimum Gasteiger partial charge on any atom is -0.481 e. The van der Waals surface area contributed by atoms with Gasteiger partial charge in [-0.1, -0.05) is 0 Å². The highest BCUT2D eigenvalue weighted by Crippen LogP contribution is 2.21. The van der Waals surface area contributed by atoms with Crippen LogP contribution in [0.4, 0.5) is 0 Å². The van der Waals surface area contributed by atoms with Gasteiger partial charge >= 0.3 is 5.97 Å². The van der Waals surface area contributed by atoms with E-state index in [1.165, 1.54) is 13.0 Å². The van der Waals surface area contributed by atoms with Crippen LogP contribution in [0.5, 0.6) is 0 Å². The zero-order valence-electron chi connectivity index (χ0n) is 5.87. The van der Waals surface area contributed by atoms with Crippen LogP contribution in [-0.4, -0.2) is 11.1 Å². The predicted molar refractivity (Wildman–Crippen MR) is 39.8 cm³/mol. The number of carboxylic acid groups (broad SMARTS) is 1. The lowest BCUT2D eigenvalue weighted by Gasteiger charge is -1.99. The van der Waals surface area contributed by atoms with E-state index in [2.05, 4.69) is 0 Å². The van der Waals surface area contributed by atoms with E-state index in [-0.39, 0.29) is 5.22 Å². The molecular formula is C7H7ClO3. The summed E-state index contributed by atoms with van der Waals surface area (Å²) in [7, 11) is 0. The van der Waals surface area contributed by atoms with Gasteiger partial charge in [-0.15, -0.1) is 0 Å². The van der Waals surface area contributed by atoms with Crippen LogP contribution < -0.4 is 0 Å². The van der Waals surface area contributed by atoms with E-state index in [4.69, 9.17) is 21.1 Å². The van der Waals surface area contributed by atoms with Crippen LogP contribution in [0.3, 0.4) is 0 Å². The number of hydrogen-bond donors (Lipinski definition) is 1. The first-order chi connectivity index (χ1) is 5.11. The second-order valence-corrected chi connectivity index (χ2v) is 2.57. The summed E-state index contributed by atoms with van der Waals surface area (Å²) in [6.45, 7) is 1.54. The van der Waals surface area contributed by atoms with Crippen molar-refractivity contribution in [3.05, 3.63) is 23.1 Å².